The molecule has 1 aromatic rings. The molecule has 2 heterocycles. The van der Waals surface area contributed by atoms with Crippen molar-refractivity contribution in [3.05, 3.63) is 18.2 Å². The first-order valence-electron chi connectivity index (χ1n) is 6.67. The van der Waals surface area contributed by atoms with Gasteiger partial charge in [0.2, 0.25) is 5.91 Å². The van der Waals surface area contributed by atoms with E-state index in [1.54, 1.807) is 0 Å². The van der Waals surface area contributed by atoms with E-state index in [0.29, 0.717) is 5.91 Å². The summed E-state index contributed by atoms with van der Waals surface area (Å²) in [6.07, 6.45) is 5.59. The van der Waals surface area contributed by atoms with Gasteiger partial charge >= 0.3 is 0 Å². The van der Waals surface area contributed by atoms with Gasteiger partial charge in [-0.2, -0.15) is 0 Å². The molecule has 1 amide bonds. The maximum Gasteiger partial charge on any atom is 0.222 e. The minimum absolute atomic E-state index is 0.304. The fourth-order valence-corrected chi connectivity index (χ4v) is 2.33. The SMILES string of the molecule is CCn1ccnc1CN(C)CCN1CCCC1=O. The molecule has 0 spiro atoms. The van der Waals surface area contributed by atoms with Gasteiger partial charge in [0.1, 0.15) is 5.82 Å². The molecule has 0 atom stereocenters. The van der Waals surface area contributed by atoms with Crippen molar-refractivity contribution in [2.45, 2.75) is 32.9 Å². The van der Waals surface area contributed by atoms with Gasteiger partial charge in [-0.1, -0.05) is 0 Å². The molecule has 1 aromatic heterocycles. The summed E-state index contributed by atoms with van der Waals surface area (Å²) in [5.74, 6) is 1.39. The standard InChI is InChI=1S/C13H22N4O/c1-3-16-8-6-14-12(16)11-15(2)9-10-17-7-4-5-13(17)18/h6,8H,3-5,7,9-11H2,1-2H3. The summed E-state index contributed by atoms with van der Waals surface area (Å²) in [5.41, 5.74) is 0. The van der Waals surface area contributed by atoms with Crippen LogP contribution in [0, 0.1) is 0 Å². The Hall–Kier alpha value is -1.36. The lowest BCUT2D eigenvalue weighted by atomic mass is 10.4. The molecule has 1 fully saturated rings. The molecule has 0 unspecified atom stereocenters. The number of likely N-dealkylation sites (tertiary alicyclic amines) is 1. The Morgan fingerprint density at radius 2 is 2.33 bits per heavy atom. The molecular weight excluding hydrogens is 228 g/mol. The van der Waals surface area contributed by atoms with Crippen molar-refractivity contribution in [2.75, 3.05) is 26.7 Å². The lowest BCUT2D eigenvalue weighted by molar-refractivity contribution is -0.127. The molecule has 0 aromatic carbocycles. The van der Waals surface area contributed by atoms with Gasteiger partial charge in [-0.25, -0.2) is 4.98 Å². The van der Waals surface area contributed by atoms with Crippen LogP contribution >= 0.6 is 0 Å². The Kier molecular flexibility index (Phi) is 4.36. The average Bonchev–Trinajstić information content (AvgIpc) is 2.95. The van der Waals surface area contributed by atoms with E-state index < -0.39 is 0 Å². The summed E-state index contributed by atoms with van der Waals surface area (Å²) in [5, 5.41) is 0. The van der Waals surface area contributed by atoms with Crippen LogP contribution in [0.3, 0.4) is 0 Å². The second-order valence-corrected chi connectivity index (χ2v) is 4.85. The Balaban J connectivity index is 1.78. The first-order valence-corrected chi connectivity index (χ1v) is 6.67. The molecule has 0 bridgehead atoms. The maximum absolute atomic E-state index is 11.5. The van der Waals surface area contributed by atoms with Crippen molar-refractivity contribution in [1.29, 1.82) is 0 Å². The number of carbonyl (C=O) groups is 1. The van der Waals surface area contributed by atoms with Crippen molar-refractivity contribution < 1.29 is 4.79 Å². The van der Waals surface area contributed by atoms with Crippen LogP contribution in [-0.4, -0.2) is 51.9 Å². The third-order valence-corrected chi connectivity index (χ3v) is 3.48. The van der Waals surface area contributed by atoms with Crippen LogP contribution in [0.4, 0.5) is 0 Å². The van der Waals surface area contributed by atoms with Crippen LogP contribution in [0.2, 0.25) is 0 Å². The molecule has 0 aliphatic carbocycles. The summed E-state index contributed by atoms with van der Waals surface area (Å²) < 4.78 is 2.15. The van der Waals surface area contributed by atoms with Gasteiger partial charge in [0.25, 0.3) is 0 Å². The van der Waals surface area contributed by atoms with Crippen LogP contribution < -0.4 is 0 Å². The lowest BCUT2D eigenvalue weighted by Crippen LogP contribution is -2.34. The van der Waals surface area contributed by atoms with E-state index in [1.165, 1.54) is 0 Å². The number of aryl methyl sites for hydroxylation is 1. The number of carbonyl (C=O) groups excluding carboxylic acids is 1. The van der Waals surface area contributed by atoms with Gasteiger partial charge < -0.3 is 9.47 Å². The zero-order valence-electron chi connectivity index (χ0n) is 11.3. The summed E-state index contributed by atoms with van der Waals surface area (Å²) in [4.78, 5) is 20.0. The van der Waals surface area contributed by atoms with E-state index >= 15 is 0 Å². The molecule has 5 heteroatoms. The summed E-state index contributed by atoms with van der Waals surface area (Å²) >= 11 is 0. The van der Waals surface area contributed by atoms with Gasteiger partial charge in [-0.15, -0.1) is 0 Å². The van der Waals surface area contributed by atoms with Gasteiger partial charge in [-0.05, 0) is 20.4 Å². The number of rotatable bonds is 6. The number of amides is 1. The topological polar surface area (TPSA) is 41.4 Å². The van der Waals surface area contributed by atoms with Gasteiger partial charge in [0.05, 0.1) is 6.54 Å². The van der Waals surface area contributed by atoms with Crippen molar-refractivity contribution in [3.63, 3.8) is 0 Å². The Morgan fingerprint density at radius 3 is 3.00 bits per heavy atom. The highest BCUT2D eigenvalue weighted by molar-refractivity contribution is 5.78. The van der Waals surface area contributed by atoms with Crippen LogP contribution in [0.1, 0.15) is 25.6 Å². The monoisotopic (exact) mass is 250 g/mol. The molecular formula is C13H22N4O. The maximum atomic E-state index is 11.5. The highest BCUT2D eigenvalue weighted by Gasteiger charge is 2.19. The quantitative estimate of drug-likeness (QED) is 0.755. The van der Waals surface area contributed by atoms with Crippen molar-refractivity contribution in [3.8, 4) is 0 Å². The lowest BCUT2D eigenvalue weighted by Gasteiger charge is -2.21. The minimum atomic E-state index is 0.304. The fraction of sp³-hybridized carbons (Fsp3) is 0.692. The summed E-state index contributed by atoms with van der Waals surface area (Å²) in [6.45, 7) is 6.57. The molecule has 0 radical (unpaired) electrons. The third kappa shape index (κ3) is 3.10. The van der Waals surface area contributed by atoms with Gasteiger partial charge in [0, 0.05) is 45.0 Å². The Bertz CT molecular complexity index is 401. The number of hydrogen-bond donors (Lipinski definition) is 0. The molecule has 1 aliphatic rings. The number of imidazole rings is 1. The van der Waals surface area contributed by atoms with Crippen LogP contribution in [-0.2, 0) is 17.9 Å². The summed E-state index contributed by atoms with van der Waals surface area (Å²) in [7, 11) is 2.08. The van der Waals surface area contributed by atoms with Crippen molar-refractivity contribution in [1.82, 2.24) is 19.4 Å². The predicted molar refractivity (Wildman–Crippen MR) is 70.0 cm³/mol. The average molecular weight is 250 g/mol. The van der Waals surface area contributed by atoms with Gasteiger partial charge in [-0.3, -0.25) is 9.69 Å². The van der Waals surface area contributed by atoms with Crippen LogP contribution in [0.25, 0.3) is 0 Å². The fourth-order valence-electron chi connectivity index (χ4n) is 2.33. The van der Waals surface area contributed by atoms with Crippen LogP contribution in [0.15, 0.2) is 12.4 Å². The molecule has 0 saturated carbocycles. The number of hydrogen-bond acceptors (Lipinski definition) is 3. The first kappa shape index (κ1) is 13.1. The molecule has 100 valence electrons. The van der Waals surface area contributed by atoms with Crippen LogP contribution in [0.5, 0.6) is 0 Å². The number of likely N-dealkylation sites (N-methyl/N-ethyl adjacent to an activating group) is 1. The number of aromatic nitrogens is 2. The normalized spacial score (nSPS) is 15.9. The first-order chi connectivity index (χ1) is 8.70. The third-order valence-electron chi connectivity index (χ3n) is 3.48. The molecule has 1 aliphatic heterocycles. The highest BCUT2D eigenvalue weighted by atomic mass is 16.2. The zero-order chi connectivity index (χ0) is 13.0. The minimum Gasteiger partial charge on any atom is -0.341 e. The predicted octanol–water partition coefficient (Wildman–Crippen LogP) is 0.957. The Morgan fingerprint density at radius 1 is 1.50 bits per heavy atom. The van der Waals surface area contributed by atoms with E-state index in [1.807, 2.05) is 17.3 Å². The van der Waals surface area contributed by atoms with E-state index in [2.05, 4.69) is 28.4 Å². The van der Waals surface area contributed by atoms with E-state index in [9.17, 15) is 4.79 Å². The van der Waals surface area contributed by atoms with Crippen molar-refractivity contribution in [2.24, 2.45) is 0 Å². The highest BCUT2D eigenvalue weighted by Crippen LogP contribution is 2.09. The number of nitrogens with zero attached hydrogens (tertiary/aromatic N) is 4. The smallest absolute Gasteiger partial charge is 0.222 e. The summed E-state index contributed by atoms with van der Waals surface area (Å²) in [6, 6.07) is 0. The van der Waals surface area contributed by atoms with Crippen molar-refractivity contribution >= 4 is 5.91 Å². The largest absolute Gasteiger partial charge is 0.341 e. The molecule has 0 N–H and O–H groups in total. The molecule has 2 rings (SSSR count). The van der Waals surface area contributed by atoms with Gasteiger partial charge in [0.15, 0.2) is 0 Å². The molecule has 18 heavy (non-hydrogen) atoms. The zero-order valence-corrected chi connectivity index (χ0v) is 11.3. The molecule has 1 saturated heterocycles. The van der Waals surface area contributed by atoms with E-state index in [-0.39, 0.29) is 0 Å². The second kappa shape index (κ2) is 6.00. The van der Waals surface area contributed by atoms with E-state index in [0.717, 1.165) is 51.4 Å². The van der Waals surface area contributed by atoms with E-state index in [4.69, 9.17) is 0 Å². The second-order valence-electron chi connectivity index (χ2n) is 4.85. The Labute approximate surface area is 108 Å². The molecule has 5 nitrogen and oxygen atoms in total.